The zero-order chi connectivity index (χ0) is 55.0. The van der Waals surface area contributed by atoms with Crippen molar-refractivity contribution in [1.82, 2.24) is 5.32 Å². The minimum atomic E-state index is -4.70. The zero-order valence-electron chi connectivity index (χ0n) is 49.7. The zero-order valence-corrected chi connectivity index (χ0v) is 50.6. The van der Waals surface area contributed by atoms with E-state index in [0.29, 0.717) is 17.4 Å². The molecule has 3 atom stereocenters. The van der Waals surface area contributed by atoms with Gasteiger partial charge in [0.1, 0.15) is 19.3 Å². The lowest BCUT2D eigenvalue weighted by Crippen LogP contribution is -2.47. The molecule has 0 heterocycles. The molecule has 10 heteroatoms. The smallest absolute Gasteiger partial charge is 0.306 e. The number of phosphoric ester groups is 1. The molecule has 0 saturated carbocycles. The fraction of sp³-hybridized carbons (Fsp3) is 0.785. The SMILES string of the molecule is CC/C=C\C/C=C\C/C=C\C/C=C\C/C=C\CCCCCCCCCCCC(=O)NC(COP(=O)([O-])OCC[N+](C)(C)C)C(/C=C\CCCCCCCCCCC)OC(=O)CCCCCCCCCCCCCCC. The molecule has 1 amide bonds. The Kier molecular flexibility index (Phi) is 52.9. The van der Waals surface area contributed by atoms with E-state index < -0.39 is 26.6 Å². The van der Waals surface area contributed by atoms with Gasteiger partial charge < -0.3 is 28.5 Å². The summed E-state index contributed by atoms with van der Waals surface area (Å²) in [6.07, 6.45) is 70.1. The molecule has 0 aliphatic heterocycles. The Labute approximate surface area is 463 Å². The molecule has 0 saturated heterocycles. The first-order valence-electron chi connectivity index (χ1n) is 31.2. The molecule has 3 unspecified atom stereocenters. The van der Waals surface area contributed by atoms with Crippen LogP contribution in [0.2, 0.25) is 0 Å². The number of amides is 1. The number of quaternary nitrogens is 1. The van der Waals surface area contributed by atoms with E-state index in [1.807, 2.05) is 33.3 Å². The van der Waals surface area contributed by atoms with E-state index >= 15 is 0 Å². The number of nitrogens with one attached hydrogen (secondary N) is 1. The molecule has 0 radical (unpaired) electrons. The first kappa shape index (κ1) is 72.5. The third-order valence-corrected chi connectivity index (χ3v) is 14.6. The number of nitrogens with zero attached hydrogens (tertiary/aromatic N) is 1. The Hall–Kier alpha value is -2.55. The number of carbonyl (C=O) groups excluding carboxylic acids is 2. The van der Waals surface area contributed by atoms with E-state index in [0.717, 1.165) is 103 Å². The maximum Gasteiger partial charge on any atom is 0.306 e. The quantitative estimate of drug-likeness (QED) is 0.0212. The number of carbonyl (C=O) groups is 2. The monoisotopic (exact) mass is 1070 g/mol. The van der Waals surface area contributed by atoms with Crippen LogP contribution in [-0.4, -0.2) is 69.4 Å². The fourth-order valence-electron chi connectivity index (χ4n) is 8.84. The van der Waals surface area contributed by atoms with Crippen LogP contribution in [0.15, 0.2) is 72.9 Å². The summed E-state index contributed by atoms with van der Waals surface area (Å²) < 4.78 is 30.3. The second-order valence-corrected chi connectivity index (χ2v) is 23.6. The maximum absolute atomic E-state index is 13.5. The van der Waals surface area contributed by atoms with Gasteiger partial charge in [-0.25, -0.2) is 0 Å². The van der Waals surface area contributed by atoms with Crippen LogP contribution in [0.1, 0.15) is 278 Å². The van der Waals surface area contributed by atoms with Crippen LogP contribution in [-0.2, 0) is 27.9 Å². The summed E-state index contributed by atoms with van der Waals surface area (Å²) in [6.45, 7) is 6.73. The Bertz CT molecular complexity index is 1510. The highest BCUT2D eigenvalue weighted by atomic mass is 31.2. The summed E-state index contributed by atoms with van der Waals surface area (Å²) in [5, 5.41) is 3.03. The van der Waals surface area contributed by atoms with Crippen LogP contribution in [0.4, 0.5) is 0 Å². The van der Waals surface area contributed by atoms with Crippen molar-refractivity contribution < 1.29 is 37.3 Å². The number of likely N-dealkylation sites (N-methyl/N-ethyl adjacent to an activating group) is 1. The molecule has 0 rings (SSSR count). The standard InChI is InChI=1S/C65H119N2O7P/c1-7-10-13-16-19-22-25-27-28-29-30-31-32-33-34-35-36-37-38-40-42-45-48-51-54-57-64(68)66-62(61-73-75(70,71)72-60-59-67(4,5)6)63(56-53-50-47-44-41-24-21-18-15-12-9-3)74-65(69)58-55-52-49-46-43-39-26-23-20-17-14-11-8-2/h10,13,19,22,27-28,30-31,33-34,53,56,62-63H,7-9,11-12,14-18,20-21,23-26,29,32,35-52,54-55,57-61H2,1-6H3,(H-,66,68,70,71)/b13-10-,22-19-,28-27-,31-30-,34-33-,56-53-. The molecular formula is C65H119N2O7P. The van der Waals surface area contributed by atoms with E-state index in [1.165, 1.54) is 141 Å². The summed E-state index contributed by atoms with van der Waals surface area (Å²) in [6, 6.07) is -0.891. The fourth-order valence-corrected chi connectivity index (χ4v) is 9.57. The van der Waals surface area contributed by atoms with Gasteiger partial charge in [0.15, 0.2) is 0 Å². The molecule has 1 N–H and O–H groups in total. The van der Waals surface area contributed by atoms with E-state index in [4.69, 9.17) is 13.8 Å². The second-order valence-electron chi connectivity index (χ2n) is 22.2. The van der Waals surface area contributed by atoms with Crippen molar-refractivity contribution in [2.24, 2.45) is 0 Å². The van der Waals surface area contributed by atoms with E-state index in [-0.39, 0.29) is 24.9 Å². The molecule has 75 heavy (non-hydrogen) atoms. The average molecular weight is 1070 g/mol. The molecule has 0 aliphatic carbocycles. The largest absolute Gasteiger partial charge is 0.756 e. The minimum absolute atomic E-state index is 0.0245. The molecule has 0 aliphatic rings. The number of ether oxygens (including phenoxy) is 1. The summed E-state index contributed by atoms with van der Waals surface area (Å²) in [7, 11) is 1.18. The van der Waals surface area contributed by atoms with E-state index in [9.17, 15) is 19.0 Å². The van der Waals surface area contributed by atoms with Crippen molar-refractivity contribution >= 4 is 19.7 Å². The van der Waals surface area contributed by atoms with Crippen molar-refractivity contribution in [2.45, 2.75) is 290 Å². The molecule has 0 spiro atoms. The third-order valence-electron chi connectivity index (χ3n) is 13.7. The molecule has 0 fully saturated rings. The number of allylic oxidation sites excluding steroid dienone is 11. The third kappa shape index (κ3) is 56.0. The van der Waals surface area contributed by atoms with Crippen LogP contribution in [0.5, 0.6) is 0 Å². The molecule has 9 nitrogen and oxygen atoms in total. The molecular weight excluding hydrogens is 952 g/mol. The molecule has 0 aromatic carbocycles. The van der Waals surface area contributed by atoms with Gasteiger partial charge in [-0.3, -0.25) is 14.2 Å². The number of hydrogen-bond acceptors (Lipinski definition) is 7. The number of rotatable bonds is 56. The summed E-state index contributed by atoms with van der Waals surface area (Å²) in [5.41, 5.74) is 0. The van der Waals surface area contributed by atoms with Crippen molar-refractivity contribution in [3.8, 4) is 0 Å². The van der Waals surface area contributed by atoms with Crippen molar-refractivity contribution in [1.29, 1.82) is 0 Å². The predicted molar refractivity (Wildman–Crippen MR) is 321 cm³/mol. The minimum Gasteiger partial charge on any atom is -0.756 e. The van der Waals surface area contributed by atoms with Gasteiger partial charge in [-0.1, -0.05) is 261 Å². The van der Waals surface area contributed by atoms with Gasteiger partial charge in [-0.05, 0) is 76.7 Å². The molecule has 0 aromatic heterocycles. The topological polar surface area (TPSA) is 114 Å². The van der Waals surface area contributed by atoms with Crippen molar-refractivity contribution in [3.63, 3.8) is 0 Å². The van der Waals surface area contributed by atoms with Crippen LogP contribution in [0, 0.1) is 0 Å². The molecule has 0 aromatic rings. The first-order valence-corrected chi connectivity index (χ1v) is 32.7. The Morgan fingerprint density at radius 1 is 0.480 bits per heavy atom. The van der Waals surface area contributed by atoms with Gasteiger partial charge in [0.2, 0.25) is 5.91 Å². The summed E-state index contributed by atoms with van der Waals surface area (Å²) in [4.78, 5) is 39.9. The Morgan fingerprint density at radius 2 is 0.853 bits per heavy atom. The van der Waals surface area contributed by atoms with Gasteiger partial charge >= 0.3 is 5.97 Å². The van der Waals surface area contributed by atoms with Gasteiger partial charge in [0.25, 0.3) is 7.82 Å². The van der Waals surface area contributed by atoms with Gasteiger partial charge in [0.05, 0.1) is 33.8 Å². The Morgan fingerprint density at radius 3 is 1.28 bits per heavy atom. The Balaban J connectivity index is 5.11. The highest BCUT2D eigenvalue weighted by Gasteiger charge is 2.27. The number of hydrogen-bond donors (Lipinski definition) is 1. The summed E-state index contributed by atoms with van der Waals surface area (Å²) in [5.74, 6) is -0.544. The lowest BCUT2D eigenvalue weighted by molar-refractivity contribution is -0.870. The van der Waals surface area contributed by atoms with Gasteiger partial charge in [-0.15, -0.1) is 0 Å². The van der Waals surface area contributed by atoms with Crippen LogP contribution in [0.3, 0.4) is 0 Å². The van der Waals surface area contributed by atoms with E-state index in [2.05, 4.69) is 86.8 Å². The van der Waals surface area contributed by atoms with Crippen molar-refractivity contribution in [3.05, 3.63) is 72.9 Å². The number of phosphoric acid groups is 1. The van der Waals surface area contributed by atoms with E-state index in [1.54, 1.807) is 0 Å². The highest BCUT2D eigenvalue weighted by Crippen LogP contribution is 2.38. The molecule has 436 valence electrons. The maximum atomic E-state index is 13.5. The van der Waals surface area contributed by atoms with Crippen LogP contribution < -0.4 is 10.2 Å². The van der Waals surface area contributed by atoms with Gasteiger partial charge in [-0.2, -0.15) is 0 Å². The predicted octanol–water partition coefficient (Wildman–Crippen LogP) is 18.6. The first-order chi connectivity index (χ1) is 36.4. The highest BCUT2D eigenvalue weighted by molar-refractivity contribution is 7.45. The van der Waals surface area contributed by atoms with Crippen LogP contribution in [0.25, 0.3) is 0 Å². The second kappa shape index (κ2) is 54.8. The van der Waals surface area contributed by atoms with Crippen LogP contribution >= 0.6 is 7.82 Å². The normalized spacial score (nSPS) is 14.2. The summed E-state index contributed by atoms with van der Waals surface area (Å²) >= 11 is 0. The lowest BCUT2D eigenvalue weighted by Gasteiger charge is -2.30. The number of unbranched alkanes of at least 4 members (excludes halogenated alkanes) is 30. The number of esters is 1. The lowest BCUT2D eigenvalue weighted by atomic mass is 10.0. The van der Waals surface area contributed by atoms with Gasteiger partial charge in [0, 0.05) is 12.8 Å². The van der Waals surface area contributed by atoms with Crippen molar-refractivity contribution in [2.75, 3.05) is 40.9 Å². The average Bonchev–Trinajstić information content (AvgIpc) is 3.37. The molecule has 0 bridgehead atoms.